The van der Waals surface area contributed by atoms with E-state index in [4.69, 9.17) is 47.5 Å². The van der Waals surface area contributed by atoms with Gasteiger partial charge in [0.1, 0.15) is 18.8 Å². The van der Waals surface area contributed by atoms with Gasteiger partial charge in [0.15, 0.2) is 11.5 Å². The molecule has 1 aromatic heterocycles. The topological polar surface area (TPSA) is 87.5 Å². The smallest absolute Gasteiger partial charge is 0.338 e. The van der Waals surface area contributed by atoms with E-state index in [1.165, 1.54) is 23.7 Å². The van der Waals surface area contributed by atoms with Gasteiger partial charge in [0.2, 0.25) is 11.1 Å². The Balaban J connectivity index is 1.32. The molecule has 6 rings (SSSR count). The summed E-state index contributed by atoms with van der Waals surface area (Å²) < 4.78 is 19.7. The lowest BCUT2D eigenvalue weighted by Gasteiger charge is -2.30. The van der Waals surface area contributed by atoms with Gasteiger partial charge >= 0.3 is 5.97 Å². The largest absolute Gasteiger partial charge is 0.493 e. The van der Waals surface area contributed by atoms with Gasteiger partial charge in [0.25, 0.3) is 0 Å². The van der Waals surface area contributed by atoms with E-state index in [9.17, 15) is 4.79 Å². The average Bonchev–Trinajstić information content (AvgIpc) is 3.46. The number of benzene rings is 3. The minimum Gasteiger partial charge on any atom is -0.493 e. The number of aromatic nitrogens is 3. The molecule has 234 valence electrons. The molecule has 4 aromatic rings. The summed E-state index contributed by atoms with van der Waals surface area (Å²) in [7, 11) is 1.58. The van der Waals surface area contributed by atoms with E-state index >= 15 is 0 Å². The lowest BCUT2D eigenvalue weighted by molar-refractivity contribution is -0.146. The first-order chi connectivity index (χ1) is 21.9. The standard InChI is InChI=1S/C34H34Cl2N4O4S/c1-21-30(32(41)44-24-12-7-4-8-13-24)31(40-33(37-21)38-34(39-40)45-20-22-10-5-3-6-11-22)23-16-17-28(29(18-23)42-2)43-19-25-26(35)14-9-15-27(25)36/h3,5-6,9-11,14-18,24,31H,4,7-8,12-13,19-20H2,1-2H3,(H,37,38,39). The molecule has 1 unspecified atom stereocenters. The van der Waals surface area contributed by atoms with Gasteiger partial charge in [-0.15, -0.1) is 5.10 Å². The lowest BCUT2D eigenvalue weighted by Crippen LogP contribution is -2.32. The van der Waals surface area contributed by atoms with Crippen LogP contribution in [-0.2, 0) is 21.9 Å². The number of nitrogens with one attached hydrogen (secondary N) is 1. The van der Waals surface area contributed by atoms with Gasteiger partial charge in [-0.3, -0.25) is 0 Å². The van der Waals surface area contributed by atoms with Crippen molar-refractivity contribution in [3.8, 4) is 11.5 Å². The number of carbonyl (C=O) groups is 1. The van der Waals surface area contributed by atoms with Crippen LogP contribution in [0.15, 0.2) is 83.2 Å². The van der Waals surface area contributed by atoms with Crippen LogP contribution >= 0.6 is 35.0 Å². The molecule has 1 fully saturated rings. The maximum absolute atomic E-state index is 13.9. The summed E-state index contributed by atoms with van der Waals surface area (Å²) in [5, 5.41) is 9.83. The number of hydrogen-bond acceptors (Lipinski definition) is 8. The Hall–Kier alpha value is -3.66. The number of esters is 1. The third-order valence-electron chi connectivity index (χ3n) is 8.03. The zero-order chi connectivity index (χ0) is 31.3. The highest BCUT2D eigenvalue weighted by Crippen LogP contribution is 2.41. The molecular formula is C34H34Cl2N4O4S. The number of anilines is 1. The molecule has 3 aromatic carbocycles. The van der Waals surface area contributed by atoms with Crippen molar-refractivity contribution in [3.63, 3.8) is 0 Å². The van der Waals surface area contributed by atoms with E-state index in [1.54, 1.807) is 30.0 Å². The highest BCUT2D eigenvalue weighted by Gasteiger charge is 2.37. The quantitative estimate of drug-likeness (QED) is 0.133. The predicted molar refractivity (Wildman–Crippen MR) is 177 cm³/mol. The maximum atomic E-state index is 13.9. The fourth-order valence-electron chi connectivity index (χ4n) is 5.68. The van der Waals surface area contributed by atoms with Crippen molar-refractivity contribution in [3.05, 3.63) is 105 Å². The minimum atomic E-state index is -0.600. The van der Waals surface area contributed by atoms with Gasteiger partial charge in [-0.2, -0.15) is 4.98 Å². The number of allylic oxidation sites excluding steroid dienone is 1. The third-order valence-corrected chi connectivity index (χ3v) is 9.64. The van der Waals surface area contributed by atoms with Gasteiger partial charge < -0.3 is 19.5 Å². The van der Waals surface area contributed by atoms with Crippen molar-refractivity contribution in [1.29, 1.82) is 0 Å². The molecule has 0 amide bonds. The number of thioether (sulfide) groups is 1. The van der Waals surface area contributed by atoms with Crippen LogP contribution in [-0.4, -0.2) is 33.9 Å². The number of fused-ring (bicyclic) bond motifs is 1. The molecule has 1 saturated carbocycles. The Kier molecular flexibility index (Phi) is 9.88. The molecule has 0 saturated heterocycles. The number of ether oxygens (including phenoxy) is 3. The molecule has 45 heavy (non-hydrogen) atoms. The van der Waals surface area contributed by atoms with Crippen LogP contribution in [0.4, 0.5) is 5.95 Å². The molecule has 1 N–H and O–H groups in total. The van der Waals surface area contributed by atoms with Crippen molar-refractivity contribution >= 4 is 46.9 Å². The first-order valence-electron chi connectivity index (χ1n) is 15.0. The second-order valence-corrected chi connectivity index (χ2v) is 12.8. The molecule has 1 aliphatic carbocycles. The zero-order valence-corrected chi connectivity index (χ0v) is 27.4. The molecule has 0 radical (unpaired) electrons. The number of halogens is 2. The van der Waals surface area contributed by atoms with Crippen molar-refractivity contribution < 1.29 is 19.0 Å². The molecule has 11 heteroatoms. The first kappa shape index (κ1) is 31.3. The van der Waals surface area contributed by atoms with Gasteiger partial charge in [-0.1, -0.05) is 83.8 Å². The number of nitrogens with zero attached hydrogens (tertiary/aromatic N) is 3. The highest BCUT2D eigenvalue weighted by molar-refractivity contribution is 7.98. The number of rotatable bonds is 10. The number of methoxy groups -OCH3 is 1. The van der Waals surface area contributed by atoms with E-state index in [2.05, 4.69) is 17.4 Å². The third kappa shape index (κ3) is 7.11. The average molecular weight is 666 g/mol. The van der Waals surface area contributed by atoms with E-state index in [-0.39, 0.29) is 18.7 Å². The molecular weight excluding hydrogens is 631 g/mol. The summed E-state index contributed by atoms with van der Waals surface area (Å²) in [6.45, 7) is 2.04. The molecule has 8 nitrogen and oxygen atoms in total. The normalized spacial score (nSPS) is 16.6. The minimum absolute atomic E-state index is 0.0942. The van der Waals surface area contributed by atoms with E-state index < -0.39 is 6.04 Å². The van der Waals surface area contributed by atoms with Gasteiger partial charge in [0.05, 0.1) is 12.7 Å². The Labute approximate surface area is 277 Å². The Bertz CT molecular complexity index is 1690. The molecule has 0 bridgehead atoms. The van der Waals surface area contributed by atoms with E-state index in [1.807, 2.05) is 43.3 Å². The summed E-state index contributed by atoms with van der Waals surface area (Å²) in [6.07, 6.45) is 4.95. The van der Waals surface area contributed by atoms with Crippen molar-refractivity contribution in [2.45, 2.75) is 68.7 Å². The van der Waals surface area contributed by atoms with E-state index in [0.717, 1.165) is 31.2 Å². The molecule has 0 spiro atoms. The van der Waals surface area contributed by atoms with Gasteiger partial charge in [-0.05, 0) is 68.0 Å². The van der Waals surface area contributed by atoms with Crippen LogP contribution in [0.5, 0.6) is 11.5 Å². The summed E-state index contributed by atoms with van der Waals surface area (Å²) >= 11 is 14.3. The SMILES string of the molecule is COc1cc(C2C(C(=O)OC3CCCCC3)=C(C)Nc3nc(SCc4ccccc4)nn32)ccc1OCc1c(Cl)cccc1Cl. The fraction of sp³-hybridized carbons (Fsp3) is 0.324. The van der Waals surface area contributed by atoms with Crippen LogP contribution in [0.25, 0.3) is 0 Å². The van der Waals surface area contributed by atoms with Crippen LogP contribution in [0.1, 0.15) is 61.8 Å². The molecule has 2 heterocycles. The van der Waals surface area contributed by atoms with Crippen LogP contribution < -0.4 is 14.8 Å². The van der Waals surface area contributed by atoms with Crippen LogP contribution in [0.2, 0.25) is 10.0 Å². The number of hydrogen-bond donors (Lipinski definition) is 1. The Morgan fingerprint density at radius 1 is 1.00 bits per heavy atom. The second kappa shape index (κ2) is 14.2. The van der Waals surface area contributed by atoms with Crippen LogP contribution in [0.3, 0.4) is 0 Å². The van der Waals surface area contributed by atoms with Crippen molar-refractivity contribution in [2.75, 3.05) is 12.4 Å². The van der Waals surface area contributed by atoms with Crippen molar-refractivity contribution in [1.82, 2.24) is 14.8 Å². The lowest BCUT2D eigenvalue weighted by atomic mass is 9.94. The summed E-state index contributed by atoms with van der Waals surface area (Å²) in [4.78, 5) is 18.6. The summed E-state index contributed by atoms with van der Waals surface area (Å²) in [5.41, 5.74) is 3.79. The Morgan fingerprint density at radius 2 is 1.76 bits per heavy atom. The fourth-order valence-corrected chi connectivity index (χ4v) is 6.97. The Morgan fingerprint density at radius 3 is 2.49 bits per heavy atom. The number of carbonyl (C=O) groups excluding carboxylic acids is 1. The predicted octanol–water partition coefficient (Wildman–Crippen LogP) is 8.63. The maximum Gasteiger partial charge on any atom is 0.338 e. The summed E-state index contributed by atoms with van der Waals surface area (Å²) in [5.74, 6) is 1.91. The first-order valence-corrected chi connectivity index (χ1v) is 16.7. The second-order valence-electron chi connectivity index (χ2n) is 11.1. The van der Waals surface area contributed by atoms with Crippen LogP contribution in [0, 0.1) is 0 Å². The summed E-state index contributed by atoms with van der Waals surface area (Å²) in [6, 6.07) is 20.5. The molecule has 2 aliphatic rings. The van der Waals surface area contributed by atoms with E-state index in [0.29, 0.717) is 55.2 Å². The molecule has 1 aliphatic heterocycles. The van der Waals surface area contributed by atoms with Gasteiger partial charge in [-0.25, -0.2) is 9.48 Å². The van der Waals surface area contributed by atoms with Crippen molar-refractivity contribution in [2.24, 2.45) is 0 Å². The molecule has 1 atom stereocenters. The highest BCUT2D eigenvalue weighted by atomic mass is 35.5. The van der Waals surface area contributed by atoms with Gasteiger partial charge in [0, 0.05) is 27.1 Å². The monoisotopic (exact) mass is 664 g/mol. The zero-order valence-electron chi connectivity index (χ0n) is 25.1.